The van der Waals surface area contributed by atoms with Crippen LogP contribution in [0.3, 0.4) is 0 Å². The van der Waals surface area contributed by atoms with E-state index < -0.39 is 0 Å². The lowest BCUT2D eigenvalue weighted by Crippen LogP contribution is -2.36. The minimum atomic E-state index is 0.303. The smallest absolute Gasteiger partial charge is 0.0139 e. The summed E-state index contributed by atoms with van der Waals surface area (Å²) in [4.78, 5) is 2.66. The summed E-state index contributed by atoms with van der Waals surface area (Å²) in [5, 5.41) is 0. The van der Waals surface area contributed by atoms with Gasteiger partial charge in [-0.25, -0.2) is 0 Å². The molecule has 0 bridgehead atoms. The fourth-order valence-corrected chi connectivity index (χ4v) is 6.47. The third-order valence-corrected chi connectivity index (χ3v) is 9.20. The number of nitrogens with two attached hydrogens (primary N) is 1. The lowest BCUT2D eigenvalue weighted by molar-refractivity contribution is 0.249. The first-order valence-corrected chi connectivity index (χ1v) is 19.7. The summed E-state index contributed by atoms with van der Waals surface area (Å²) in [5.41, 5.74) is 6.17. The second-order valence-corrected chi connectivity index (χ2v) is 13.9. The molecule has 0 aliphatic heterocycles. The van der Waals surface area contributed by atoms with E-state index in [0.29, 0.717) is 6.04 Å². The minimum Gasteiger partial charge on any atom is -0.327 e. The van der Waals surface area contributed by atoms with Crippen molar-refractivity contribution in [3.63, 3.8) is 0 Å². The Balaban J connectivity index is 3.46. The number of unbranched alkanes of at least 4 members (excludes halogenated alkanes) is 30. The zero-order valence-electron chi connectivity index (χ0n) is 29.4. The van der Waals surface area contributed by atoms with E-state index in [4.69, 9.17) is 5.73 Å². The monoisotopic (exact) mass is 579 g/mol. The molecule has 0 rings (SSSR count). The molecule has 248 valence electrons. The molecule has 2 nitrogen and oxygen atoms in total. The van der Waals surface area contributed by atoms with E-state index in [1.807, 2.05) is 0 Å². The minimum absolute atomic E-state index is 0.303. The largest absolute Gasteiger partial charge is 0.327 e. The van der Waals surface area contributed by atoms with Crippen molar-refractivity contribution in [1.82, 2.24) is 4.90 Å². The molecule has 0 spiro atoms. The Morgan fingerprint density at radius 2 is 0.537 bits per heavy atom. The molecular weight excluding hydrogens is 496 g/mol. The van der Waals surface area contributed by atoms with Gasteiger partial charge in [-0.2, -0.15) is 0 Å². The summed E-state index contributed by atoms with van der Waals surface area (Å²) in [6, 6.07) is 0.303. The van der Waals surface area contributed by atoms with Crippen molar-refractivity contribution in [3.8, 4) is 0 Å². The molecule has 0 heterocycles. The maximum Gasteiger partial charge on any atom is 0.0139 e. The molecule has 0 fully saturated rings. The molecule has 1 unspecified atom stereocenters. The van der Waals surface area contributed by atoms with Crippen molar-refractivity contribution in [2.75, 3.05) is 19.6 Å². The Kier molecular flexibility index (Phi) is 36.0. The van der Waals surface area contributed by atoms with Gasteiger partial charge in [-0.05, 0) is 32.9 Å². The average molecular weight is 579 g/mol. The van der Waals surface area contributed by atoms with Crippen LogP contribution in [0.2, 0.25) is 0 Å². The van der Waals surface area contributed by atoms with Gasteiger partial charge in [0.15, 0.2) is 0 Å². The second kappa shape index (κ2) is 36.1. The molecule has 0 aromatic heterocycles. The highest BCUT2D eigenvalue weighted by Crippen LogP contribution is 2.16. The van der Waals surface area contributed by atoms with Gasteiger partial charge < -0.3 is 10.6 Å². The van der Waals surface area contributed by atoms with Gasteiger partial charge >= 0.3 is 0 Å². The highest BCUT2D eigenvalue weighted by atomic mass is 15.1. The molecule has 0 aliphatic rings. The van der Waals surface area contributed by atoms with Crippen LogP contribution in [0.25, 0.3) is 0 Å². The van der Waals surface area contributed by atoms with Crippen LogP contribution < -0.4 is 5.73 Å². The molecule has 1 atom stereocenters. The van der Waals surface area contributed by atoms with Crippen molar-refractivity contribution in [2.24, 2.45) is 5.73 Å². The summed E-state index contributed by atoms with van der Waals surface area (Å²) in [6.45, 7) is 10.4. The van der Waals surface area contributed by atoms with E-state index in [1.54, 1.807) is 0 Å². The molecule has 41 heavy (non-hydrogen) atoms. The normalized spacial score (nSPS) is 12.5. The van der Waals surface area contributed by atoms with E-state index in [1.165, 1.54) is 219 Å². The topological polar surface area (TPSA) is 29.3 Å². The first-order chi connectivity index (χ1) is 20.2. The van der Waals surface area contributed by atoms with E-state index >= 15 is 0 Å². The lowest BCUT2D eigenvalue weighted by atomic mass is 10.0. The number of rotatable bonds is 36. The highest BCUT2D eigenvalue weighted by molar-refractivity contribution is 4.65. The molecule has 0 saturated heterocycles. The molecule has 0 aromatic rings. The standard InChI is InChI=1S/C39H82N2/c1-4-6-8-10-12-14-16-18-20-22-24-26-28-30-32-34-36-41(38-39(3)40)37-35-33-31-29-27-25-23-21-19-17-15-13-11-9-7-5-2/h39H,4-38,40H2,1-3H3. The Bertz CT molecular complexity index is 413. The van der Waals surface area contributed by atoms with Gasteiger partial charge in [-0.1, -0.05) is 206 Å². The number of hydrogen-bond acceptors (Lipinski definition) is 2. The lowest BCUT2D eigenvalue weighted by Gasteiger charge is -2.24. The second-order valence-electron chi connectivity index (χ2n) is 13.9. The van der Waals surface area contributed by atoms with E-state index in [-0.39, 0.29) is 0 Å². The molecule has 2 heteroatoms. The van der Waals surface area contributed by atoms with E-state index in [2.05, 4.69) is 25.7 Å². The Labute approximate surface area is 262 Å². The van der Waals surface area contributed by atoms with Gasteiger partial charge in [0.2, 0.25) is 0 Å². The Morgan fingerprint density at radius 3 is 0.732 bits per heavy atom. The summed E-state index contributed by atoms with van der Waals surface area (Å²) >= 11 is 0. The number of hydrogen-bond donors (Lipinski definition) is 1. The van der Waals surface area contributed by atoms with Crippen LogP contribution in [-0.2, 0) is 0 Å². The first-order valence-electron chi connectivity index (χ1n) is 19.7. The van der Waals surface area contributed by atoms with Gasteiger partial charge in [-0.3, -0.25) is 0 Å². The quantitative estimate of drug-likeness (QED) is 0.0749. The predicted molar refractivity (Wildman–Crippen MR) is 189 cm³/mol. The summed E-state index contributed by atoms with van der Waals surface area (Å²) in [5.74, 6) is 0. The SMILES string of the molecule is CCCCCCCCCCCCCCCCCCN(CCCCCCCCCCCCCCCCCC)CC(C)N. The van der Waals surface area contributed by atoms with Gasteiger partial charge in [0.05, 0.1) is 0 Å². The molecule has 2 N–H and O–H groups in total. The van der Waals surface area contributed by atoms with E-state index in [0.717, 1.165) is 6.54 Å². The Hall–Kier alpha value is -0.0800. The zero-order valence-corrected chi connectivity index (χ0v) is 29.4. The summed E-state index contributed by atoms with van der Waals surface area (Å²) < 4.78 is 0. The molecule has 0 saturated carbocycles. The maximum atomic E-state index is 6.17. The van der Waals surface area contributed by atoms with Crippen LogP contribution in [0, 0.1) is 0 Å². The van der Waals surface area contributed by atoms with Gasteiger partial charge in [0.25, 0.3) is 0 Å². The Morgan fingerprint density at radius 1 is 0.341 bits per heavy atom. The fraction of sp³-hybridized carbons (Fsp3) is 1.00. The van der Waals surface area contributed by atoms with Crippen molar-refractivity contribution >= 4 is 0 Å². The molecular formula is C39H82N2. The summed E-state index contributed by atoms with van der Waals surface area (Å²) in [7, 11) is 0. The van der Waals surface area contributed by atoms with Crippen molar-refractivity contribution in [2.45, 2.75) is 232 Å². The van der Waals surface area contributed by atoms with Gasteiger partial charge in [0.1, 0.15) is 0 Å². The van der Waals surface area contributed by atoms with Crippen LogP contribution in [0.5, 0.6) is 0 Å². The first kappa shape index (κ1) is 40.9. The highest BCUT2D eigenvalue weighted by Gasteiger charge is 2.07. The van der Waals surface area contributed by atoms with Crippen molar-refractivity contribution in [1.29, 1.82) is 0 Å². The maximum absolute atomic E-state index is 6.17. The third kappa shape index (κ3) is 36.0. The van der Waals surface area contributed by atoms with E-state index in [9.17, 15) is 0 Å². The van der Waals surface area contributed by atoms with Crippen LogP contribution in [-0.4, -0.2) is 30.6 Å². The zero-order chi connectivity index (χ0) is 29.9. The van der Waals surface area contributed by atoms with Crippen molar-refractivity contribution < 1.29 is 0 Å². The fourth-order valence-electron chi connectivity index (χ4n) is 6.47. The average Bonchev–Trinajstić information content (AvgIpc) is 2.96. The van der Waals surface area contributed by atoms with Gasteiger partial charge in [0, 0.05) is 12.6 Å². The van der Waals surface area contributed by atoms with Crippen LogP contribution in [0.1, 0.15) is 226 Å². The van der Waals surface area contributed by atoms with Crippen LogP contribution in [0.4, 0.5) is 0 Å². The molecule has 0 aliphatic carbocycles. The van der Waals surface area contributed by atoms with Crippen LogP contribution in [0.15, 0.2) is 0 Å². The molecule has 0 aromatic carbocycles. The van der Waals surface area contributed by atoms with Gasteiger partial charge in [-0.15, -0.1) is 0 Å². The predicted octanol–water partition coefficient (Wildman–Crippen LogP) is 13.2. The summed E-state index contributed by atoms with van der Waals surface area (Å²) in [6.07, 6.45) is 46.3. The third-order valence-electron chi connectivity index (χ3n) is 9.20. The molecule has 0 radical (unpaired) electrons. The molecule has 0 amide bonds. The van der Waals surface area contributed by atoms with Crippen molar-refractivity contribution in [3.05, 3.63) is 0 Å². The van der Waals surface area contributed by atoms with Crippen LogP contribution >= 0.6 is 0 Å². The number of nitrogens with zero attached hydrogens (tertiary/aromatic N) is 1.